The fraction of sp³-hybridized carbons (Fsp3) is 0.769. The van der Waals surface area contributed by atoms with Crippen LogP contribution < -0.4 is 0 Å². The van der Waals surface area contributed by atoms with Crippen molar-refractivity contribution in [2.45, 2.75) is 45.3 Å². The lowest BCUT2D eigenvalue weighted by molar-refractivity contribution is -0.160. The Morgan fingerprint density at radius 2 is 2.12 bits per heavy atom. The maximum atomic E-state index is 12.1. The smallest absolute Gasteiger partial charge is 0.142 e. The van der Waals surface area contributed by atoms with E-state index in [0.29, 0.717) is 19.4 Å². The molecule has 0 radical (unpaired) electrons. The molecule has 0 unspecified atom stereocenters. The zero-order valence-corrected chi connectivity index (χ0v) is 10.2. The predicted molar refractivity (Wildman–Crippen MR) is 61.0 cm³/mol. The second kappa shape index (κ2) is 3.41. The molecule has 1 N–H and O–H groups in total. The molecule has 2 aliphatic rings. The largest absolute Gasteiger partial charge is 0.386 e. The lowest BCUT2D eigenvalue weighted by Gasteiger charge is -2.47. The molecule has 1 heterocycles. The lowest BCUT2D eigenvalue weighted by Crippen LogP contribution is -2.58. The summed E-state index contributed by atoms with van der Waals surface area (Å²) in [4.78, 5) is 12.1. The van der Waals surface area contributed by atoms with Gasteiger partial charge < -0.3 is 9.84 Å². The van der Waals surface area contributed by atoms with Gasteiger partial charge >= 0.3 is 0 Å². The summed E-state index contributed by atoms with van der Waals surface area (Å²) in [6.07, 6.45) is 0.914. The van der Waals surface area contributed by atoms with Crippen molar-refractivity contribution >= 4 is 5.78 Å². The molecule has 0 aromatic rings. The molecular weight excluding hydrogens is 204 g/mol. The topological polar surface area (TPSA) is 49.8 Å². The molecule has 0 aromatic carbocycles. The zero-order valence-electron chi connectivity index (χ0n) is 10.2. The molecular formula is C13H20O3. The fourth-order valence-electron chi connectivity index (χ4n) is 2.63. The van der Waals surface area contributed by atoms with Gasteiger partial charge in [0.05, 0.1) is 12.0 Å². The highest BCUT2D eigenvalue weighted by Crippen LogP contribution is 2.50. The van der Waals surface area contributed by atoms with E-state index in [0.717, 1.165) is 5.57 Å². The number of Topliss-reactive ketones (excluding diaryl/α,β-unsaturated/α-hetero) is 1. The standard InChI is InChI=1S/C13H20O3/c1-8(2)9-5-10(14)12(3,4)13(15,6-9)11-7-16-11/h9,11,15H,1,5-7H2,2-4H3/t9-,11-,13-/m1/s1. The predicted octanol–water partition coefficient (Wildman–Crippen LogP) is 1.70. The van der Waals surface area contributed by atoms with E-state index in [-0.39, 0.29) is 17.8 Å². The molecule has 1 saturated carbocycles. The molecule has 3 atom stereocenters. The summed E-state index contributed by atoms with van der Waals surface area (Å²) in [6.45, 7) is 10.0. The Morgan fingerprint density at radius 3 is 2.56 bits per heavy atom. The number of ketones is 1. The molecule has 1 aliphatic heterocycles. The quantitative estimate of drug-likeness (QED) is 0.573. The minimum atomic E-state index is -1.02. The molecule has 1 aliphatic carbocycles. The minimum absolute atomic E-state index is 0.0923. The zero-order chi connectivity index (χ0) is 12.1. The number of rotatable bonds is 2. The molecule has 0 aromatic heterocycles. The van der Waals surface area contributed by atoms with Gasteiger partial charge in [0.25, 0.3) is 0 Å². The molecule has 2 rings (SSSR count). The van der Waals surface area contributed by atoms with Gasteiger partial charge in [-0.2, -0.15) is 0 Å². The van der Waals surface area contributed by atoms with Crippen molar-refractivity contribution in [3.8, 4) is 0 Å². The van der Waals surface area contributed by atoms with E-state index >= 15 is 0 Å². The molecule has 1 saturated heterocycles. The van der Waals surface area contributed by atoms with Crippen molar-refractivity contribution in [3.63, 3.8) is 0 Å². The molecule has 0 amide bonds. The monoisotopic (exact) mass is 224 g/mol. The third kappa shape index (κ3) is 1.54. The SMILES string of the molecule is C=C(C)[C@@H]1CC(=O)C(C)(C)[C@](O)([C@H]2CO2)C1. The number of hydrogen-bond donors (Lipinski definition) is 1. The average molecular weight is 224 g/mol. The van der Waals surface area contributed by atoms with Gasteiger partial charge in [-0.3, -0.25) is 4.79 Å². The first-order valence-corrected chi connectivity index (χ1v) is 5.81. The van der Waals surface area contributed by atoms with Crippen LogP contribution in [0, 0.1) is 11.3 Å². The van der Waals surface area contributed by atoms with E-state index < -0.39 is 11.0 Å². The average Bonchev–Trinajstić information content (AvgIpc) is 2.96. The van der Waals surface area contributed by atoms with Gasteiger partial charge in [0, 0.05) is 6.42 Å². The minimum Gasteiger partial charge on any atom is -0.386 e. The second-order valence-electron chi connectivity index (χ2n) is 5.75. The molecule has 0 spiro atoms. The lowest BCUT2D eigenvalue weighted by atomic mass is 9.59. The summed E-state index contributed by atoms with van der Waals surface area (Å²) >= 11 is 0. The maximum absolute atomic E-state index is 12.1. The van der Waals surface area contributed by atoms with Crippen molar-refractivity contribution in [2.24, 2.45) is 11.3 Å². The normalized spacial score (nSPS) is 41.9. The summed E-state index contributed by atoms with van der Waals surface area (Å²) in [5.41, 5.74) is -0.755. The fourth-order valence-corrected chi connectivity index (χ4v) is 2.63. The maximum Gasteiger partial charge on any atom is 0.142 e. The van der Waals surface area contributed by atoms with Crippen LogP contribution in [0.1, 0.15) is 33.6 Å². The van der Waals surface area contributed by atoms with Crippen LogP contribution in [0.25, 0.3) is 0 Å². The molecule has 0 bridgehead atoms. The summed E-state index contributed by atoms with van der Waals surface area (Å²) in [5, 5.41) is 10.7. The molecule has 3 nitrogen and oxygen atoms in total. The van der Waals surface area contributed by atoms with Gasteiger partial charge in [-0.15, -0.1) is 0 Å². The highest BCUT2D eigenvalue weighted by atomic mass is 16.6. The van der Waals surface area contributed by atoms with Crippen molar-refractivity contribution in [2.75, 3.05) is 6.61 Å². The Balaban J connectivity index is 2.32. The Kier molecular flexibility index (Phi) is 2.52. The van der Waals surface area contributed by atoms with Gasteiger partial charge in [-0.05, 0) is 19.3 Å². The van der Waals surface area contributed by atoms with Gasteiger partial charge in [-0.1, -0.05) is 26.0 Å². The number of carbonyl (C=O) groups is 1. The van der Waals surface area contributed by atoms with E-state index in [1.807, 2.05) is 20.8 Å². The summed E-state index contributed by atoms with van der Waals surface area (Å²) < 4.78 is 5.23. The van der Waals surface area contributed by atoms with E-state index in [2.05, 4.69) is 6.58 Å². The van der Waals surface area contributed by atoms with Crippen LogP contribution in [-0.4, -0.2) is 29.2 Å². The van der Waals surface area contributed by atoms with Crippen molar-refractivity contribution in [1.29, 1.82) is 0 Å². The number of ether oxygens (including phenoxy) is 1. The van der Waals surface area contributed by atoms with Crippen LogP contribution in [0.3, 0.4) is 0 Å². The number of allylic oxidation sites excluding steroid dienone is 1. The summed E-state index contributed by atoms with van der Waals surface area (Å²) in [6, 6.07) is 0. The number of aliphatic hydroxyl groups is 1. The van der Waals surface area contributed by atoms with Crippen molar-refractivity contribution < 1.29 is 14.6 Å². The van der Waals surface area contributed by atoms with Gasteiger partial charge in [0.1, 0.15) is 17.5 Å². The third-order valence-electron chi connectivity index (χ3n) is 4.33. The van der Waals surface area contributed by atoms with Gasteiger partial charge in [0.15, 0.2) is 0 Å². The van der Waals surface area contributed by atoms with Crippen molar-refractivity contribution in [1.82, 2.24) is 0 Å². The summed E-state index contributed by atoms with van der Waals surface area (Å²) in [5.74, 6) is 0.208. The molecule has 90 valence electrons. The highest BCUT2D eigenvalue weighted by molar-refractivity contribution is 5.87. The first-order valence-electron chi connectivity index (χ1n) is 5.81. The van der Waals surface area contributed by atoms with E-state index in [1.165, 1.54) is 0 Å². The molecule has 3 heteroatoms. The third-order valence-corrected chi connectivity index (χ3v) is 4.33. The van der Waals surface area contributed by atoms with E-state index in [4.69, 9.17) is 4.74 Å². The van der Waals surface area contributed by atoms with Gasteiger partial charge in [-0.25, -0.2) is 0 Å². The van der Waals surface area contributed by atoms with Crippen LogP contribution in [0.15, 0.2) is 12.2 Å². The van der Waals surface area contributed by atoms with Crippen LogP contribution in [0.4, 0.5) is 0 Å². The number of hydrogen-bond acceptors (Lipinski definition) is 3. The van der Waals surface area contributed by atoms with Crippen LogP contribution >= 0.6 is 0 Å². The highest BCUT2D eigenvalue weighted by Gasteiger charge is 2.61. The van der Waals surface area contributed by atoms with Crippen molar-refractivity contribution in [3.05, 3.63) is 12.2 Å². The second-order valence-corrected chi connectivity index (χ2v) is 5.75. The molecule has 2 fully saturated rings. The first kappa shape index (κ1) is 11.8. The van der Waals surface area contributed by atoms with Crippen LogP contribution in [0.5, 0.6) is 0 Å². The van der Waals surface area contributed by atoms with Crippen LogP contribution in [-0.2, 0) is 9.53 Å². The number of carbonyl (C=O) groups excluding carboxylic acids is 1. The Labute approximate surface area is 96.5 Å². The molecule has 16 heavy (non-hydrogen) atoms. The Bertz CT molecular complexity index is 341. The number of epoxide rings is 1. The first-order chi connectivity index (χ1) is 7.29. The van der Waals surface area contributed by atoms with Gasteiger partial charge in [0.2, 0.25) is 0 Å². The Morgan fingerprint density at radius 1 is 1.56 bits per heavy atom. The Hall–Kier alpha value is -0.670. The van der Waals surface area contributed by atoms with E-state index in [1.54, 1.807) is 0 Å². The summed E-state index contributed by atoms with van der Waals surface area (Å²) in [7, 11) is 0. The van der Waals surface area contributed by atoms with E-state index in [9.17, 15) is 9.90 Å². The van der Waals surface area contributed by atoms with Crippen LogP contribution in [0.2, 0.25) is 0 Å².